The lowest BCUT2D eigenvalue weighted by Crippen LogP contribution is -2.28. The quantitative estimate of drug-likeness (QED) is 0.0380. The van der Waals surface area contributed by atoms with Crippen molar-refractivity contribution in [1.29, 1.82) is 0 Å². The van der Waals surface area contributed by atoms with Crippen LogP contribution in [0.15, 0.2) is 85.1 Å². The van der Waals surface area contributed by atoms with Gasteiger partial charge in [-0.25, -0.2) is 0 Å². The monoisotopic (exact) mass is 779 g/mol. The van der Waals surface area contributed by atoms with E-state index in [-0.39, 0.29) is 31.6 Å². The SMILES string of the molecule is CC/C=C\C/C=C\C/C=C\C/C=C\C/C=C\C/C=C\C/C=C\CCCC(=O)OC(CO)COC(=O)CCCCCCCCCCCCCCCCCCCCC. The molecular formula is C51H86O5. The van der Waals surface area contributed by atoms with E-state index in [0.717, 1.165) is 70.6 Å². The Morgan fingerprint density at radius 1 is 0.429 bits per heavy atom. The number of aliphatic hydroxyl groups is 1. The number of allylic oxidation sites excluding steroid dienone is 14. The second-order valence-electron chi connectivity index (χ2n) is 15.1. The molecule has 1 N–H and O–H groups in total. The van der Waals surface area contributed by atoms with E-state index in [2.05, 4.69) is 98.9 Å². The molecule has 0 saturated carbocycles. The van der Waals surface area contributed by atoms with Gasteiger partial charge in [0, 0.05) is 12.8 Å². The molecule has 0 rings (SSSR count). The first kappa shape index (κ1) is 53.1. The molecule has 5 nitrogen and oxygen atoms in total. The van der Waals surface area contributed by atoms with Crippen LogP contribution in [0.3, 0.4) is 0 Å². The molecule has 0 aliphatic rings. The second-order valence-corrected chi connectivity index (χ2v) is 15.1. The van der Waals surface area contributed by atoms with E-state index < -0.39 is 6.10 Å². The van der Waals surface area contributed by atoms with Crippen molar-refractivity contribution in [3.8, 4) is 0 Å². The number of aliphatic hydroxyl groups excluding tert-OH is 1. The Hall–Kier alpha value is -2.92. The molecular weight excluding hydrogens is 693 g/mol. The lowest BCUT2D eigenvalue weighted by atomic mass is 10.0. The van der Waals surface area contributed by atoms with Gasteiger partial charge in [0.05, 0.1) is 6.61 Å². The van der Waals surface area contributed by atoms with Gasteiger partial charge in [-0.2, -0.15) is 0 Å². The summed E-state index contributed by atoms with van der Waals surface area (Å²) in [5.41, 5.74) is 0. The minimum atomic E-state index is -0.805. The summed E-state index contributed by atoms with van der Waals surface area (Å²) < 4.78 is 10.6. The van der Waals surface area contributed by atoms with Crippen molar-refractivity contribution in [2.24, 2.45) is 0 Å². The molecule has 0 fully saturated rings. The van der Waals surface area contributed by atoms with Crippen LogP contribution in [0.4, 0.5) is 0 Å². The van der Waals surface area contributed by atoms with Crippen LogP contribution < -0.4 is 0 Å². The zero-order chi connectivity index (χ0) is 40.7. The van der Waals surface area contributed by atoms with Crippen molar-refractivity contribution in [3.63, 3.8) is 0 Å². The Labute approximate surface area is 346 Å². The maximum Gasteiger partial charge on any atom is 0.306 e. The summed E-state index contributed by atoms with van der Waals surface area (Å²) in [4.78, 5) is 24.4. The Bertz CT molecular complexity index is 1060. The van der Waals surface area contributed by atoms with Gasteiger partial charge in [-0.15, -0.1) is 0 Å². The molecule has 0 radical (unpaired) electrons. The number of hydrogen-bond donors (Lipinski definition) is 1. The molecule has 0 aromatic rings. The molecule has 1 unspecified atom stereocenters. The minimum absolute atomic E-state index is 0.0912. The highest BCUT2D eigenvalue weighted by molar-refractivity contribution is 5.70. The van der Waals surface area contributed by atoms with Gasteiger partial charge in [0.2, 0.25) is 0 Å². The number of hydrogen-bond acceptors (Lipinski definition) is 5. The molecule has 0 aromatic heterocycles. The summed E-state index contributed by atoms with van der Waals surface area (Å²) in [7, 11) is 0. The van der Waals surface area contributed by atoms with Crippen molar-refractivity contribution in [1.82, 2.24) is 0 Å². The van der Waals surface area contributed by atoms with Crippen LogP contribution in [0.5, 0.6) is 0 Å². The first-order chi connectivity index (χ1) is 27.6. The summed E-state index contributed by atoms with van der Waals surface area (Å²) in [6.07, 6.45) is 63.8. The third-order valence-electron chi connectivity index (χ3n) is 9.70. The van der Waals surface area contributed by atoms with E-state index in [9.17, 15) is 14.7 Å². The number of rotatable bonds is 41. The lowest BCUT2D eigenvalue weighted by Gasteiger charge is -2.15. The molecule has 0 aliphatic carbocycles. The van der Waals surface area contributed by atoms with Gasteiger partial charge in [0.1, 0.15) is 6.61 Å². The molecule has 0 spiro atoms. The summed E-state index contributed by atoms with van der Waals surface area (Å²) in [6.45, 7) is 3.99. The Kier molecular flexibility index (Phi) is 44.0. The predicted molar refractivity (Wildman–Crippen MR) is 242 cm³/mol. The molecule has 0 bridgehead atoms. The van der Waals surface area contributed by atoms with E-state index >= 15 is 0 Å². The van der Waals surface area contributed by atoms with Gasteiger partial charge >= 0.3 is 11.9 Å². The maximum atomic E-state index is 12.2. The van der Waals surface area contributed by atoms with Gasteiger partial charge < -0.3 is 14.6 Å². The molecule has 56 heavy (non-hydrogen) atoms. The third kappa shape index (κ3) is 43.8. The normalized spacial score (nSPS) is 13.0. The van der Waals surface area contributed by atoms with Crippen LogP contribution in [0.25, 0.3) is 0 Å². The van der Waals surface area contributed by atoms with Crippen LogP contribution >= 0.6 is 0 Å². The average molecular weight is 779 g/mol. The van der Waals surface area contributed by atoms with Gasteiger partial charge in [-0.05, 0) is 64.2 Å². The summed E-state index contributed by atoms with van der Waals surface area (Å²) in [5, 5.41) is 9.59. The fourth-order valence-electron chi connectivity index (χ4n) is 6.25. The highest BCUT2D eigenvalue weighted by atomic mass is 16.6. The summed E-state index contributed by atoms with van der Waals surface area (Å²) in [5.74, 6) is -0.659. The fraction of sp³-hybridized carbons (Fsp3) is 0.686. The van der Waals surface area contributed by atoms with E-state index in [1.807, 2.05) is 0 Å². The van der Waals surface area contributed by atoms with Crippen LogP contribution in [-0.4, -0.2) is 36.4 Å². The Morgan fingerprint density at radius 3 is 1.14 bits per heavy atom. The van der Waals surface area contributed by atoms with Gasteiger partial charge in [-0.1, -0.05) is 214 Å². The van der Waals surface area contributed by atoms with Crippen molar-refractivity contribution < 1.29 is 24.2 Å². The van der Waals surface area contributed by atoms with Gasteiger partial charge in [0.15, 0.2) is 6.10 Å². The molecule has 0 saturated heterocycles. The van der Waals surface area contributed by atoms with E-state index in [1.54, 1.807) is 0 Å². The van der Waals surface area contributed by atoms with Crippen molar-refractivity contribution in [2.75, 3.05) is 13.2 Å². The van der Waals surface area contributed by atoms with E-state index in [4.69, 9.17) is 9.47 Å². The smallest absolute Gasteiger partial charge is 0.306 e. The number of unbranched alkanes of at least 4 members (excludes halogenated alkanes) is 19. The largest absolute Gasteiger partial charge is 0.462 e. The summed E-state index contributed by atoms with van der Waals surface area (Å²) >= 11 is 0. The first-order valence-electron chi connectivity index (χ1n) is 23.1. The minimum Gasteiger partial charge on any atom is -0.462 e. The zero-order valence-corrected chi connectivity index (χ0v) is 36.4. The second kappa shape index (κ2) is 46.5. The number of carbonyl (C=O) groups is 2. The average Bonchev–Trinajstić information content (AvgIpc) is 3.20. The standard InChI is InChI=1S/C51H86O5/c1-3-5-7-9-11-13-15-17-19-21-23-24-25-26-28-30-32-34-36-38-40-42-44-46-51(54)56-49(47-52)48-55-50(53)45-43-41-39-37-35-33-31-29-27-22-20-18-16-14-12-10-8-6-4-2/h5,7,11,13,17,19,23-24,26,28,32,34,38,40,49,52H,3-4,6,8-10,12,14-16,18,20-22,25,27,29-31,33,35-37,39,41-48H2,1-2H3/b7-5-,13-11-,19-17-,24-23-,28-26-,34-32-,40-38-. The van der Waals surface area contributed by atoms with E-state index in [1.165, 1.54) is 103 Å². The molecule has 5 heteroatoms. The molecule has 1 atom stereocenters. The molecule has 320 valence electrons. The zero-order valence-electron chi connectivity index (χ0n) is 36.4. The van der Waals surface area contributed by atoms with Gasteiger partial charge in [0.25, 0.3) is 0 Å². The molecule has 0 aliphatic heterocycles. The topological polar surface area (TPSA) is 72.8 Å². The van der Waals surface area contributed by atoms with Crippen LogP contribution in [0.1, 0.15) is 206 Å². The van der Waals surface area contributed by atoms with Gasteiger partial charge in [-0.3, -0.25) is 9.59 Å². The van der Waals surface area contributed by atoms with Crippen molar-refractivity contribution in [2.45, 2.75) is 213 Å². The predicted octanol–water partition coefficient (Wildman–Crippen LogP) is 15.1. The van der Waals surface area contributed by atoms with Crippen LogP contribution in [-0.2, 0) is 19.1 Å². The highest BCUT2D eigenvalue weighted by Crippen LogP contribution is 2.15. The Morgan fingerprint density at radius 2 is 0.768 bits per heavy atom. The van der Waals surface area contributed by atoms with Crippen molar-refractivity contribution >= 4 is 11.9 Å². The maximum absolute atomic E-state index is 12.2. The lowest BCUT2D eigenvalue weighted by molar-refractivity contribution is -0.161. The molecule has 0 heterocycles. The van der Waals surface area contributed by atoms with E-state index in [0.29, 0.717) is 12.8 Å². The van der Waals surface area contributed by atoms with Crippen LogP contribution in [0.2, 0.25) is 0 Å². The molecule has 0 aromatic carbocycles. The first-order valence-corrected chi connectivity index (χ1v) is 23.1. The number of carbonyl (C=O) groups excluding carboxylic acids is 2. The number of ether oxygens (including phenoxy) is 2. The summed E-state index contributed by atoms with van der Waals surface area (Å²) in [6, 6.07) is 0. The number of esters is 2. The third-order valence-corrected chi connectivity index (χ3v) is 9.70. The highest BCUT2D eigenvalue weighted by Gasteiger charge is 2.16. The fourth-order valence-corrected chi connectivity index (χ4v) is 6.25. The molecule has 0 amide bonds. The Balaban J connectivity index is 3.65. The van der Waals surface area contributed by atoms with Crippen molar-refractivity contribution in [3.05, 3.63) is 85.1 Å². The van der Waals surface area contributed by atoms with Crippen LogP contribution in [0, 0.1) is 0 Å².